The van der Waals surface area contributed by atoms with Gasteiger partial charge >= 0.3 is 0 Å². The van der Waals surface area contributed by atoms with Crippen molar-refractivity contribution in [2.45, 2.75) is 19.6 Å². The minimum atomic E-state index is -0.500. The van der Waals surface area contributed by atoms with Gasteiger partial charge in [-0.05, 0) is 31.3 Å². The molecule has 0 radical (unpaired) electrons. The first-order chi connectivity index (χ1) is 8.09. The Hall–Kier alpha value is -1.17. The molecule has 0 aliphatic rings. The van der Waals surface area contributed by atoms with Crippen LogP contribution in [-0.4, -0.2) is 26.0 Å². The lowest BCUT2D eigenvalue weighted by Crippen LogP contribution is -2.13. The molecule has 0 spiro atoms. The van der Waals surface area contributed by atoms with Gasteiger partial charge in [0, 0.05) is 5.56 Å². The van der Waals surface area contributed by atoms with Crippen LogP contribution in [0.25, 0.3) is 11.4 Å². The van der Waals surface area contributed by atoms with Crippen molar-refractivity contribution in [1.82, 2.24) is 14.8 Å². The second kappa shape index (κ2) is 5.00. The van der Waals surface area contributed by atoms with Crippen LogP contribution < -0.4 is 0 Å². The summed E-state index contributed by atoms with van der Waals surface area (Å²) in [5.74, 6) is 0.640. The van der Waals surface area contributed by atoms with Crippen molar-refractivity contribution < 1.29 is 5.11 Å². The van der Waals surface area contributed by atoms with Crippen molar-refractivity contribution in [1.29, 1.82) is 0 Å². The maximum Gasteiger partial charge on any atom is 0.195 e. The van der Waals surface area contributed by atoms with Crippen molar-refractivity contribution in [2.75, 3.05) is 0 Å². The number of aliphatic hydroxyl groups excluding tert-OH is 1. The van der Waals surface area contributed by atoms with Crippen LogP contribution in [0.15, 0.2) is 24.3 Å². The highest BCUT2D eigenvalue weighted by Gasteiger charge is 2.12. The van der Waals surface area contributed by atoms with Gasteiger partial charge in [0.25, 0.3) is 0 Å². The summed E-state index contributed by atoms with van der Waals surface area (Å²) in [6.45, 7) is 2.08. The van der Waals surface area contributed by atoms with E-state index in [0.29, 0.717) is 22.2 Å². The predicted molar refractivity (Wildman–Crippen MR) is 69.5 cm³/mol. The molecule has 1 aromatic carbocycles. The highest BCUT2D eigenvalue weighted by Crippen LogP contribution is 2.26. The third-order valence-electron chi connectivity index (χ3n) is 2.32. The summed E-state index contributed by atoms with van der Waals surface area (Å²) in [5.41, 5.74) is 0.794. The molecule has 2 N–H and O–H groups in total. The maximum absolute atomic E-state index is 9.45. The van der Waals surface area contributed by atoms with E-state index in [1.54, 1.807) is 17.6 Å². The second-order valence-electron chi connectivity index (χ2n) is 3.79. The molecule has 0 aliphatic heterocycles. The van der Waals surface area contributed by atoms with Gasteiger partial charge in [-0.25, -0.2) is 0 Å². The van der Waals surface area contributed by atoms with E-state index < -0.39 is 6.10 Å². The van der Waals surface area contributed by atoms with Crippen LogP contribution in [0.2, 0.25) is 5.02 Å². The summed E-state index contributed by atoms with van der Waals surface area (Å²) < 4.78 is 2.21. The molecule has 0 saturated heterocycles. The summed E-state index contributed by atoms with van der Waals surface area (Å²) in [6, 6.07) is 7.39. The molecule has 6 heteroatoms. The fraction of sp³-hybridized carbons (Fsp3) is 0.273. The van der Waals surface area contributed by atoms with E-state index in [4.69, 9.17) is 23.8 Å². The highest BCUT2D eigenvalue weighted by molar-refractivity contribution is 7.71. The van der Waals surface area contributed by atoms with Crippen LogP contribution in [0.3, 0.4) is 0 Å². The molecule has 2 rings (SSSR count). The number of rotatable bonds is 3. The predicted octanol–water partition coefficient (Wildman–Crippen LogP) is 2.64. The fourth-order valence-corrected chi connectivity index (χ4v) is 2.03. The van der Waals surface area contributed by atoms with Crippen LogP contribution >= 0.6 is 23.8 Å². The van der Waals surface area contributed by atoms with E-state index in [-0.39, 0.29) is 0 Å². The fourth-order valence-electron chi connectivity index (χ4n) is 1.60. The van der Waals surface area contributed by atoms with Gasteiger partial charge in [-0.3, -0.25) is 9.67 Å². The summed E-state index contributed by atoms with van der Waals surface area (Å²) in [7, 11) is 0. The average Bonchev–Trinajstić information content (AvgIpc) is 2.61. The lowest BCUT2D eigenvalue weighted by Gasteiger charge is -2.09. The molecule has 0 bridgehead atoms. The number of benzene rings is 1. The number of aromatic amines is 1. The van der Waals surface area contributed by atoms with E-state index in [1.165, 1.54) is 0 Å². The van der Waals surface area contributed by atoms with Gasteiger partial charge < -0.3 is 5.11 Å². The number of halogens is 1. The molecule has 1 atom stereocenters. The minimum absolute atomic E-state index is 0.385. The third kappa shape index (κ3) is 2.57. The van der Waals surface area contributed by atoms with Crippen LogP contribution in [0, 0.1) is 4.77 Å². The number of H-pyrrole nitrogens is 1. The van der Waals surface area contributed by atoms with Gasteiger partial charge in [0.05, 0.1) is 17.7 Å². The summed E-state index contributed by atoms with van der Waals surface area (Å²) in [5, 5.41) is 16.9. The Kier molecular flexibility index (Phi) is 3.61. The molecule has 17 heavy (non-hydrogen) atoms. The van der Waals surface area contributed by atoms with Crippen molar-refractivity contribution in [3.05, 3.63) is 34.1 Å². The molecule has 0 aliphatic carbocycles. The Morgan fingerprint density at radius 1 is 1.53 bits per heavy atom. The van der Waals surface area contributed by atoms with Gasteiger partial charge in [-0.2, -0.15) is 5.10 Å². The first-order valence-corrected chi connectivity index (χ1v) is 5.96. The van der Waals surface area contributed by atoms with Crippen molar-refractivity contribution in [3.8, 4) is 11.4 Å². The second-order valence-corrected chi connectivity index (χ2v) is 4.59. The largest absolute Gasteiger partial charge is 0.392 e. The standard InChI is InChI=1S/C11H12ClN3OS/c1-7(16)6-15-10(13-14-11(15)17)8-4-2-3-5-9(8)12/h2-5,7,16H,6H2,1H3,(H,14,17). The lowest BCUT2D eigenvalue weighted by molar-refractivity contribution is 0.173. The Morgan fingerprint density at radius 2 is 2.24 bits per heavy atom. The maximum atomic E-state index is 9.45. The normalized spacial score (nSPS) is 12.6. The first kappa shape index (κ1) is 12.3. The zero-order valence-electron chi connectivity index (χ0n) is 9.22. The molecule has 1 unspecified atom stereocenters. The number of hydrogen-bond acceptors (Lipinski definition) is 3. The highest BCUT2D eigenvalue weighted by atomic mass is 35.5. The van der Waals surface area contributed by atoms with E-state index in [1.807, 2.05) is 18.2 Å². The topological polar surface area (TPSA) is 53.8 Å². The number of nitrogens with one attached hydrogen (secondary N) is 1. The molecule has 0 amide bonds. The summed E-state index contributed by atoms with van der Waals surface area (Å²) in [4.78, 5) is 0. The third-order valence-corrected chi connectivity index (χ3v) is 2.96. The zero-order chi connectivity index (χ0) is 12.4. The Balaban J connectivity index is 2.53. The van der Waals surface area contributed by atoms with Gasteiger partial charge in [-0.15, -0.1) is 0 Å². The van der Waals surface area contributed by atoms with E-state index in [0.717, 1.165) is 5.56 Å². The minimum Gasteiger partial charge on any atom is -0.392 e. The first-order valence-electron chi connectivity index (χ1n) is 5.17. The average molecular weight is 270 g/mol. The van der Waals surface area contributed by atoms with Gasteiger partial charge in [0.2, 0.25) is 0 Å². The monoisotopic (exact) mass is 269 g/mol. The number of hydrogen-bond donors (Lipinski definition) is 2. The molecule has 1 aromatic heterocycles. The number of aromatic nitrogens is 3. The van der Waals surface area contributed by atoms with E-state index >= 15 is 0 Å². The van der Waals surface area contributed by atoms with Gasteiger partial charge in [0.15, 0.2) is 10.6 Å². The SMILES string of the molecule is CC(O)Cn1c(-c2ccccc2Cl)n[nH]c1=S. The smallest absolute Gasteiger partial charge is 0.195 e. The van der Waals surface area contributed by atoms with Gasteiger partial charge in [-0.1, -0.05) is 23.7 Å². The molecule has 90 valence electrons. The zero-order valence-corrected chi connectivity index (χ0v) is 10.8. The quantitative estimate of drug-likeness (QED) is 0.843. The Labute approximate surface area is 109 Å². The Morgan fingerprint density at radius 3 is 2.88 bits per heavy atom. The van der Waals surface area contributed by atoms with Crippen molar-refractivity contribution in [2.24, 2.45) is 0 Å². The van der Waals surface area contributed by atoms with Crippen LogP contribution in [0.1, 0.15) is 6.92 Å². The van der Waals surface area contributed by atoms with Crippen LogP contribution in [0.5, 0.6) is 0 Å². The van der Waals surface area contributed by atoms with Crippen molar-refractivity contribution in [3.63, 3.8) is 0 Å². The molecular weight excluding hydrogens is 258 g/mol. The van der Waals surface area contributed by atoms with Crippen LogP contribution in [-0.2, 0) is 6.54 Å². The lowest BCUT2D eigenvalue weighted by atomic mass is 10.2. The molecule has 2 aromatic rings. The summed E-state index contributed by atoms with van der Waals surface area (Å²) in [6.07, 6.45) is -0.500. The molecule has 4 nitrogen and oxygen atoms in total. The van der Waals surface area contributed by atoms with E-state index in [2.05, 4.69) is 10.2 Å². The molecule has 0 saturated carbocycles. The van der Waals surface area contributed by atoms with Crippen LogP contribution in [0.4, 0.5) is 0 Å². The molecule has 1 heterocycles. The van der Waals surface area contributed by atoms with Gasteiger partial charge in [0.1, 0.15) is 0 Å². The molecular formula is C11H12ClN3OS. The van der Waals surface area contributed by atoms with Crippen molar-refractivity contribution >= 4 is 23.8 Å². The number of nitrogens with zero attached hydrogens (tertiary/aromatic N) is 2. The van der Waals surface area contributed by atoms with E-state index in [9.17, 15) is 5.11 Å². The summed E-state index contributed by atoms with van der Waals surface area (Å²) >= 11 is 11.2. The Bertz CT molecular complexity index is 576. The number of aliphatic hydroxyl groups is 1. The molecule has 0 fully saturated rings.